The van der Waals surface area contributed by atoms with Gasteiger partial charge in [-0.2, -0.15) is 0 Å². The molecule has 3 amide bonds. The molecule has 1 atom stereocenters. The number of carbonyl (C=O) groups excluding carboxylic acids is 2. The molecule has 1 aliphatic rings. The molecule has 0 saturated carbocycles. The molecule has 3 rings (SSSR count). The number of nitrogens with one attached hydrogen (secondary N) is 2. The molecule has 0 aromatic carbocycles. The first kappa shape index (κ1) is 17.3. The lowest BCUT2D eigenvalue weighted by atomic mass is 10.1. The standard InChI is InChI=1S/C18H25N5O2/c1-12-6-5-7-15-20-14(10-22(12)15)9-19-17(25)21-13-8-16(24)23(11-13)18(2,3)4/h5-7,10,13H,8-9,11H2,1-4H3,(H2,19,21,25). The third-order valence-corrected chi connectivity index (χ3v) is 4.45. The number of urea groups is 1. The Morgan fingerprint density at radius 3 is 2.76 bits per heavy atom. The van der Waals surface area contributed by atoms with E-state index in [-0.39, 0.29) is 23.5 Å². The first-order valence-corrected chi connectivity index (χ1v) is 8.52. The fourth-order valence-corrected chi connectivity index (χ4v) is 3.14. The Morgan fingerprint density at radius 1 is 1.36 bits per heavy atom. The number of hydrogen-bond acceptors (Lipinski definition) is 3. The van der Waals surface area contributed by atoms with E-state index in [2.05, 4.69) is 15.6 Å². The predicted molar refractivity (Wildman–Crippen MR) is 95.2 cm³/mol. The van der Waals surface area contributed by atoms with E-state index in [1.54, 1.807) is 0 Å². The first-order chi connectivity index (χ1) is 11.7. The maximum atomic E-state index is 12.1. The molecular formula is C18H25N5O2. The normalized spacial score (nSPS) is 18.0. The maximum Gasteiger partial charge on any atom is 0.315 e. The summed E-state index contributed by atoms with van der Waals surface area (Å²) in [6, 6.07) is 5.47. The number of fused-ring (bicyclic) bond motifs is 1. The van der Waals surface area contributed by atoms with Crippen molar-refractivity contribution in [3.63, 3.8) is 0 Å². The number of carbonyl (C=O) groups is 2. The number of aromatic nitrogens is 2. The van der Waals surface area contributed by atoms with Crippen LogP contribution in [0.15, 0.2) is 24.4 Å². The quantitative estimate of drug-likeness (QED) is 0.892. The molecule has 0 bridgehead atoms. The molecule has 2 N–H and O–H groups in total. The topological polar surface area (TPSA) is 78.7 Å². The van der Waals surface area contributed by atoms with Crippen LogP contribution < -0.4 is 10.6 Å². The van der Waals surface area contributed by atoms with Crippen molar-refractivity contribution < 1.29 is 9.59 Å². The molecule has 134 valence electrons. The van der Waals surface area contributed by atoms with Gasteiger partial charge in [0.05, 0.1) is 18.3 Å². The minimum Gasteiger partial charge on any atom is -0.336 e. The molecule has 1 saturated heterocycles. The molecule has 1 fully saturated rings. The first-order valence-electron chi connectivity index (χ1n) is 8.52. The van der Waals surface area contributed by atoms with Crippen LogP contribution in [-0.4, -0.2) is 44.3 Å². The van der Waals surface area contributed by atoms with Gasteiger partial charge in [-0.05, 0) is 39.8 Å². The zero-order chi connectivity index (χ0) is 18.2. The van der Waals surface area contributed by atoms with Crippen molar-refractivity contribution in [3.8, 4) is 0 Å². The van der Waals surface area contributed by atoms with Crippen LogP contribution in [0.5, 0.6) is 0 Å². The zero-order valence-electron chi connectivity index (χ0n) is 15.2. The summed E-state index contributed by atoms with van der Waals surface area (Å²) in [6.45, 7) is 8.90. The Balaban J connectivity index is 1.54. The second-order valence-corrected chi connectivity index (χ2v) is 7.53. The van der Waals surface area contributed by atoms with E-state index < -0.39 is 0 Å². The second-order valence-electron chi connectivity index (χ2n) is 7.53. The smallest absolute Gasteiger partial charge is 0.315 e. The fraction of sp³-hybridized carbons (Fsp3) is 0.500. The number of aryl methyl sites for hydroxylation is 1. The summed E-state index contributed by atoms with van der Waals surface area (Å²) in [5.74, 6) is 0.0774. The Kier molecular flexibility index (Phi) is 4.41. The molecule has 3 heterocycles. The summed E-state index contributed by atoms with van der Waals surface area (Å²) in [6.07, 6.45) is 2.27. The second kappa shape index (κ2) is 6.38. The fourth-order valence-electron chi connectivity index (χ4n) is 3.14. The van der Waals surface area contributed by atoms with Crippen LogP contribution in [0.3, 0.4) is 0 Å². The third-order valence-electron chi connectivity index (χ3n) is 4.45. The Labute approximate surface area is 147 Å². The highest BCUT2D eigenvalue weighted by molar-refractivity contribution is 5.82. The van der Waals surface area contributed by atoms with Crippen molar-refractivity contribution in [2.45, 2.75) is 52.2 Å². The molecule has 0 aliphatic carbocycles. The number of imidazole rings is 1. The summed E-state index contributed by atoms with van der Waals surface area (Å²) in [5, 5.41) is 5.70. The summed E-state index contributed by atoms with van der Waals surface area (Å²) in [7, 11) is 0. The average Bonchev–Trinajstić information content (AvgIpc) is 3.09. The van der Waals surface area contributed by atoms with Gasteiger partial charge in [0.25, 0.3) is 0 Å². The predicted octanol–water partition coefficient (Wildman–Crippen LogP) is 1.84. The van der Waals surface area contributed by atoms with Gasteiger partial charge in [0.1, 0.15) is 5.65 Å². The minimum atomic E-state index is -0.276. The molecule has 2 aromatic heterocycles. The van der Waals surface area contributed by atoms with Crippen LogP contribution in [0.1, 0.15) is 38.6 Å². The van der Waals surface area contributed by atoms with Crippen molar-refractivity contribution in [2.75, 3.05) is 6.54 Å². The lowest BCUT2D eigenvalue weighted by Crippen LogP contribution is -2.46. The van der Waals surface area contributed by atoms with Gasteiger partial charge in [-0.3, -0.25) is 4.79 Å². The van der Waals surface area contributed by atoms with Gasteiger partial charge in [-0.15, -0.1) is 0 Å². The average molecular weight is 343 g/mol. The minimum absolute atomic E-state index is 0.0774. The van der Waals surface area contributed by atoms with Gasteiger partial charge in [0.2, 0.25) is 5.91 Å². The van der Waals surface area contributed by atoms with E-state index in [0.717, 1.165) is 17.0 Å². The van der Waals surface area contributed by atoms with Crippen molar-refractivity contribution in [3.05, 3.63) is 35.8 Å². The van der Waals surface area contributed by atoms with E-state index >= 15 is 0 Å². The summed E-state index contributed by atoms with van der Waals surface area (Å²) in [4.78, 5) is 30.5. The molecule has 0 spiro atoms. The van der Waals surface area contributed by atoms with Gasteiger partial charge < -0.3 is 19.9 Å². The zero-order valence-corrected chi connectivity index (χ0v) is 15.2. The van der Waals surface area contributed by atoms with Crippen LogP contribution in [0, 0.1) is 6.92 Å². The number of nitrogens with zero attached hydrogens (tertiary/aromatic N) is 3. The number of amides is 3. The van der Waals surface area contributed by atoms with E-state index in [4.69, 9.17) is 0 Å². The number of pyridine rings is 1. The summed E-state index contributed by atoms with van der Waals surface area (Å²) in [5.41, 5.74) is 2.52. The molecule has 1 unspecified atom stereocenters. The Bertz CT molecular complexity index is 805. The van der Waals surface area contributed by atoms with E-state index in [1.165, 1.54) is 0 Å². The van der Waals surface area contributed by atoms with E-state index in [0.29, 0.717) is 19.5 Å². The lowest BCUT2D eigenvalue weighted by molar-refractivity contribution is -0.131. The van der Waals surface area contributed by atoms with E-state index in [1.807, 2.05) is 61.4 Å². The molecular weight excluding hydrogens is 318 g/mol. The van der Waals surface area contributed by atoms with Gasteiger partial charge in [-0.25, -0.2) is 9.78 Å². The Hall–Kier alpha value is -2.57. The highest BCUT2D eigenvalue weighted by Crippen LogP contribution is 2.21. The van der Waals surface area contributed by atoms with Crippen LogP contribution in [0.2, 0.25) is 0 Å². The van der Waals surface area contributed by atoms with Gasteiger partial charge in [0.15, 0.2) is 0 Å². The van der Waals surface area contributed by atoms with Gasteiger partial charge >= 0.3 is 6.03 Å². The molecule has 2 aromatic rings. The maximum absolute atomic E-state index is 12.1. The molecule has 0 radical (unpaired) electrons. The Morgan fingerprint density at radius 2 is 2.12 bits per heavy atom. The van der Waals surface area contributed by atoms with Gasteiger partial charge in [0, 0.05) is 30.4 Å². The third kappa shape index (κ3) is 3.75. The molecule has 7 heteroatoms. The lowest BCUT2D eigenvalue weighted by Gasteiger charge is -2.32. The molecule has 1 aliphatic heterocycles. The number of likely N-dealkylation sites (tertiary alicyclic amines) is 1. The van der Waals surface area contributed by atoms with Crippen molar-refractivity contribution >= 4 is 17.6 Å². The number of rotatable bonds is 3. The van der Waals surface area contributed by atoms with E-state index in [9.17, 15) is 9.59 Å². The molecule has 7 nitrogen and oxygen atoms in total. The molecule has 25 heavy (non-hydrogen) atoms. The van der Waals surface area contributed by atoms with Crippen molar-refractivity contribution in [1.82, 2.24) is 24.9 Å². The highest BCUT2D eigenvalue weighted by Gasteiger charge is 2.36. The largest absolute Gasteiger partial charge is 0.336 e. The van der Waals surface area contributed by atoms with Crippen LogP contribution in [0.4, 0.5) is 4.79 Å². The monoisotopic (exact) mass is 343 g/mol. The van der Waals surface area contributed by atoms with Crippen LogP contribution in [0.25, 0.3) is 5.65 Å². The van der Waals surface area contributed by atoms with Crippen LogP contribution in [-0.2, 0) is 11.3 Å². The summed E-state index contributed by atoms with van der Waals surface area (Å²) < 4.78 is 1.99. The highest BCUT2D eigenvalue weighted by atomic mass is 16.2. The van der Waals surface area contributed by atoms with Gasteiger partial charge in [-0.1, -0.05) is 6.07 Å². The van der Waals surface area contributed by atoms with Crippen molar-refractivity contribution in [2.24, 2.45) is 0 Å². The number of hydrogen-bond donors (Lipinski definition) is 2. The van der Waals surface area contributed by atoms with Crippen molar-refractivity contribution in [1.29, 1.82) is 0 Å². The van der Waals surface area contributed by atoms with Crippen LogP contribution >= 0.6 is 0 Å². The summed E-state index contributed by atoms with van der Waals surface area (Å²) >= 11 is 0. The SMILES string of the molecule is Cc1cccc2nc(CNC(=O)NC3CC(=O)N(C(C)(C)C)C3)cn12.